The summed E-state index contributed by atoms with van der Waals surface area (Å²) in [6.07, 6.45) is 1.63. The quantitative estimate of drug-likeness (QED) is 0.244. The van der Waals surface area contributed by atoms with Crippen molar-refractivity contribution in [3.63, 3.8) is 0 Å². The van der Waals surface area contributed by atoms with Crippen LogP contribution in [0.15, 0.2) is 88.2 Å². The van der Waals surface area contributed by atoms with E-state index in [-0.39, 0.29) is 11.8 Å². The van der Waals surface area contributed by atoms with E-state index in [9.17, 15) is 9.59 Å². The molecule has 0 heterocycles. The minimum absolute atomic E-state index is 0.0399. The van der Waals surface area contributed by atoms with Crippen LogP contribution < -0.4 is 5.32 Å². The van der Waals surface area contributed by atoms with Crippen LogP contribution in [0.3, 0.4) is 0 Å². The second-order valence-electron chi connectivity index (χ2n) is 8.20. The summed E-state index contributed by atoms with van der Waals surface area (Å²) >= 11 is 11.1. The van der Waals surface area contributed by atoms with E-state index in [4.69, 9.17) is 11.6 Å². The van der Waals surface area contributed by atoms with E-state index in [0.717, 1.165) is 26.9 Å². The highest BCUT2D eigenvalue weighted by Gasteiger charge is 2.30. The van der Waals surface area contributed by atoms with E-state index >= 15 is 0 Å². The molecule has 7 heteroatoms. The molecule has 0 fully saturated rings. The summed E-state index contributed by atoms with van der Waals surface area (Å²) in [5.41, 5.74) is 2.00. The molecule has 0 unspecified atom stereocenters. The van der Waals surface area contributed by atoms with Crippen molar-refractivity contribution in [1.29, 1.82) is 0 Å². The van der Waals surface area contributed by atoms with Gasteiger partial charge < -0.3 is 10.2 Å². The van der Waals surface area contributed by atoms with Gasteiger partial charge in [0.05, 0.1) is 0 Å². The number of hydrogen-bond donors (Lipinski definition) is 1. The van der Waals surface area contributed by atoms with Crippen molar-refractivity contribution in [2.45, 2.75) is 43.7 Å². The Labute approximate surface area is 225 Å². The Balaban J connectivity index is 1.81. The van der Waals surface area contributed by atoms with Crippen molar-refractivity contribution in [2.75, 3.05) is 12.3 Å². The van der Waals surface area contributed by atoms with Gasteiger partial charge in [-0.15, -0.1) is 11.8 Å². The molecule has 184 valence electrons. The van der Waals surface area contributed by atoms with Crippen LogP contribution in [0.5, 0.6) is 0 Å². The lowest BCUT2D eigenvalue weighted by Gasteiger charge is -2.31. The highest BCUT2D eigenvalue weighted by Crippen LogP contribution is 2.23. The average Bonchev–Trinajstić information content (AvgIpc) is 2.87. The summed E-state index contributed by atoms with van der Waals surface area (Å²) in [5.74, 6) is 0.458. The van der Waals surface area contributed by atoms with Crippen molar-refractivity contribution in [1.82, 2.24) is 10.2 Å². The second-order valence-corrected chi connectivity index (χ2v) is 10.7. The van der Waals surface area contributed by atoms with Gasteiger partial charge in [-0.1, -0.05) is 76.9 Å². The number of amides is 2. The first kappa shape index (κ1) is 27.3. The van der Waals surface area contributed by atoms with Gasteiger partial charge in [0.1, 0.15) is 6.04 Å². The van der Waals surface area contributed by atoms with E-state index in [1.165, 1.54) is 0 Å². The fraction of sp³-hybridized carbons (Fsp3) is 0.286. The summed E-state index contributed by atoms with van der Waals surface area (Å²) in [6.45, 7) is 2.97. The largest absolute Gasteiger partial charge is 0.354 e. The number of rotatable bonds is 12. The third-order valence-corrected chi connectivity index (χ3v) is 7.28. The molecule has 4 nitrogen and oxygen atoms in total. The second kappa shape index (κ2) is 14.3. The number of nitrogens with one attached hydrogen (secondary N) is 1. The van der Waals surface area contributed by atoms with Gasteiger partial charge in [0, 0.05) is 46.1 Å². The minimum Gasteiger partial charge on any atom is -0.354 e. The molecule has 0 aliphatic heterocycles. The third-order valence-electron chi connectivity index (χ3n) is 5.48. The van der Waals surface area contributed by atoms with Gasteiger partial charge in [-0.25, -0.2) is 0 Å². The molecule has 1 atom stereocenters. The maximum Gasteiger partial charge on any atom is 0.243 e. The number of thioether (sulfide) groups is 1. The molecule has 3 rings (SSSR count). The molecule has 3 aromatic carbocycles. The van der Waals surface area contributed by atoms with Crippen LogP contribution in [-0.4, -0.2) is 35.1 Å². The molecule has 0 radical (unpaired) electrons. The smallest absolute Gasteiger partial charge is 0.243 e. The molecule has 3 aromatic rings. The molecule has 0 spiro atoms. The first-order valence-electron chi connectivity index (χ1n) is 11.7. The monoisotopic (exact) mass is 572 g/mol. The molecule has 1 N–H and O–H groups in total. The van der Waals surface area contributed by atoms with Crippen LogP contribution in [0.1, 0.15) is 30.9 Å². The molecular formula is C28H30BrClN2O2S. The van der Waals surface area contributed by atoms with E-state index in [0.29, 0.717) is 36.7 Å². The zero-order chi connectivity index (χ0) is 25.0. The van der Waals surface area contributed by atoms with E-state index in [1.54, 1.807) is 16.7 Å². The number of carbonyl (C=O) groups excluding carboxylic acids is 2. The molecule has 0 bridgehead atoms. The van der Waals surface area contributed by atoms with Gasteiger partial charge in [0.15, 0.2) is 0 Å². The van der Waals surface area contributed by atoms with Crippen molar-refractivity contribution >= 4 is 51.1 Å². The highest BCUT2D eigenvalue weighted by molar-refractivity contribution is 9.10. The number of carbonyl (C=O) groups is 2. The zero-order valence-electron chi connectivity index (χ0n) is 19.8. The van der Waals surface area contributed by atoms with E-state index in [2.05, 4.69) is 21.2 Å². The minimum atomic E-state index is -0.597. The molecule has 2 amide bonds. The molecule has 0 aromatic heterocycles. The van der Waals surface area contributed by atoms with Crippen molar-refractivity contribution in [2.24, 2.45) is 0 Å². The summed E-state index contributed by atoms with van der Waals surface area (Å²) in [5, 5.41) is 3.70. The molecule has 35 heavy (non-hydrogen) atoms. The standard InChI is InChI=1S/C28H30BrClN2O2S/c1-2-17-31-28(34)26(19-21-6-4-3-5-7-21)32(20-22-8-10-23(29)11-9-22)27(33)16-18-35-25-14-12-24(30)13-15-25/h3-15,26H,2,16-20H2,1H3,(H,31,34)/t26-/m0/s1. The Morgan fingerprint density at radius 1 is 0.971 bits per heavy atom. The number of hydrogen-bond acceptors (Lipinski definition) is 3. The van der Waals surface area contributed by atoms with Crippen LogP contribution in [0.25, 0.3) is 0 Å². The predicted octanol–water partition coefficient (Wildman–Crippen LogP) is 6.75. The SMILES string of the molecule is CCCNC(=O)[C@H](Cc1ccccc1)N(Cc1ccc(Br)cc1)C(=O)CCSc1ccc(Cl)cc1. The van der Waals surface area contributed by atoms with Crippen LogP contribution >= 0.6 is 39.3 Å². The normalized spacial score (nSPS) is 11.6. The first-order chi connectivity index (χ1) is 17.0. The summed E-state index contributed by atoms with van der Waals surface area (Å²) in [4.78, 5) is 29.7. The predicted molar refractivity (Wildman–Crippen MR) is 149 cm³/mol. The van der Waals surface area contributed by atoms with E-state index in [1.807, 2.05) is 85.8 Å². The Morgan fingerprint density at radius 2 is 1.66 bits per heavy atom. The third kappa shape index (κ3) is 9.02. The lowest BCUT2D eigenvalue weighted by Crippen LogP contribution is -2.50. The number of halogens is 2. The van der Waals surface area contributed by atoms with Gasteiger partial charge in [-0.3, -0.25) is 9.59 Å². The van der Waals surface area contributed by atoms with Crippen LogP contribution in [-0.2, 0) is 22.6 Å². The van der Waals surface area contributed by atoms with Crippen LogP contribution in [0, 0.1) is 0 Å². The summed E-state index contributed by atoms with van der Waals surface area (Å²) in [6, 6.07) is 24.7. The molecule has 0 aliphatic rings. The molecule has 0 saturated carbocycles. The average molecular weight is 574 g/mol. The Bertz CT molecular complexity index is 1080. The molecular weight excluding hydrogens is 544 g/mol. The van der Waals surface area contributed by atoms with Gasteiger partial charge >= 0.3 is 0 Å². The Hall–Kier alpha value is -2.28. The lowest BCUT2D eigenvalue weighted by atomic mass is 10.0. The topological polar surface area (TPSA) is 49.4 Å². The van der Waals surface area contributed by atoms with Gasteiger partial charge in [-0.2, -0.15) is 0 Å². The van der Waals surface area contributed by atoms with Crippen LogP contribution in [0.4, 0.5) is 0 Å². The van der Waals surface area contributed by atoms with Gasteiger partial charge in [0.2, 0.25) is 11.8 Å². The fourth-order valence-electron chi connectivity index (χ4n) is 3.64. The highest BCUT2D eigenvalue weighted by atomic mass is 79.9. The number of nitrogens with zero attached hydrogens (tertiary/aromatic N) is 1. The van der Waals surface area contributed by atoms with Gasteiger partial charge in [-0.05, 0) is 53.9 Å². The maximum absolute atomic E-state index is 13.6. The zero-order valence-corrected chi connectivity index (χ0v) is 22.9. The number of benzene rings is 3. The Morgan fingerprint density at radius 3 is 2.31 bits per heavy atom. The van der Waals surface area contributed by atoms with E-state index < -0.39 is 6.04 Å². The van der Waals surface area contributed by atoms with Crippen molar-refractivity contribution in [3.8, 4) is 0 Å². The summed E-state index contributed by atoms with van der Waals surface area (Å²) in [7, 11) is 0. The Kier molecular flexibility index (Phi) is 11.2. The summed E-state index contributed by atoms with van der Waals surface area (Å²) < 4.78 is 0.972. The van der Waals surface area contributed by atoms with Crippen molar-refractivity contribution < 1.29 is 9.59 Å². The van der Waals surface area contributed by atoms with Gasteiger partial charge in [0.25, 0.3) is 0 Å². The van der Waals surface area contributed by atoms with Crippen molar-refractivity contribution in [3.05, 3.63) is 99.5 Å². The lowest BCUT2D eigenvalue weighted by molar-refractivity contribution is -0.141. The fourth-order valence-corrected chi connectivity index (χ4v) is 4.87. The van der Waals surface area contributed by atoms with Crippen LogP contribution in [0.2, 0.25) is 5.02 Å². The first-order valence-corrected chi connectivity index (χ1v) is 13.9. The maximum atomic E-state index is 13.6. The molecule has 0 aliphatic carbocycles. The molecule has 0 saturated heterocycles.